The Labute approximate surface area is 74.0 Å². The average Bonchev–Trinajstić information content (AvgIpc) is 2.15. The lowest BCUT2D eigenvalue weighted by molar-refractivity contribution is 0.0954. The molecule has 0 saturated heterocycles. The highest BCUT2D eigenvalue weighted by molar-refractivity contribution is 5.94. The molecule has 0 aliphatic rings. The molecular formula is C8H6FN3O. The van der Waals surface area contributed by atoms with Crippen molar-refractivity contribution >= 4 is 5.91 Å². The van der Waals surface area contributed by atoms with Crippen molar-refractivity contribution in [1.82, 2.24) is 10.3 Å². The molecule has 0 fully saturated rings. The summed E-state index contributed by atoms with van der Waals surface area (Å²) in [5.41, 5.74) is -0.106. The van der Waals surface area contributed by atoms with Crippen LogP contribution in [-0.2, 0) is 0 Å². The van der Waals surface area contributed by atoms with Crippen molar-refractivity contribution in [1.29, 1.82) is 5.26 Å². The van der Waals surface area contributed by atoms with E-state index in [2.05, 4.69) is 10.3 Å². The quantitative estimate of drug-likeness (QED) is 0.671. The van der Waals surface area contributed by atoms with Crippen molar-refractivity contribution in [2.24, 2.45) is 0 Å². The van der Waals surface area contributed by atoms with E-state index in [0.29, 0.717) is 0 Å². The van der Waals surface area contributed by atoms with Gasteiger partial charge >= 0.3 is 0 Å². The summed E-state index contributed by atoms with van der Waals surface area (Å²) in [4.78, 5) is 14.6. The van der Waals surface area contributed by atoms with Crippen LogP contribution in [0.5, 0.6) is 0 Å². The van der Waals surface area contributed by atoms with Gasteiger partial charge < -0.3 is 5.32 Å². The Balaban J connectivity index is 2.78. The van der Waals surface area contributed by atoms with E-state index in [1.165, 1.54) is 12.3 Å². The predicted octanol–water partition coefficient (Wildman–Crippen LogP) is 0.474. The summed E-state index contributed by atoms with van der Waals surface area (Å²) in [7, 11) is 0. The zero-order chi connectivity index (χ0) is 9.68. The number of carbonyl (C=O) groups excluding carboxylic acids is 1. The van der Waals surface area contributed by atoms with E-state index in [9.17, 15) is 9.18 Å². The fraction of sp³-hybridized carbons (Fsp3) is 0.125. The van der Waals surface area contributed by atoms with Gasteiger partial charge in [-0.3, -0.25) is 9.78 Å². The molecule has 4 nitrogen and oxygen atoms in total. The van der Waals surface area contributed by atoms with Crippen LogP contribution in [0.4, 0.5) is 4.39 Å². The number of rotatable bonds is 2. The second-order valence-corrected chi connectivity index (χ2v) is 2.20. The predicted molar refractivity (Wildman–Crippen MR) is 42.1 cm³/mol. The monoisotopic (exact) mass is 179 g/mol. The lowest BCUT2D eigenvalue weighted by Gasteiger charge is -2.00. The number of pyridine rings is 1. The molecule has 0 atom stereocenters. The maximum atomic E-state index is 12.9. The van der Waals surface area contributed by atoms with Crippen molar-refractivity contribution in [3.8, 4) is 6.07 Å². The molecule has 0 aromatic carbocycles. The van der Waals surface area contributed by atoms with Gasteiger partial charge in [0.05, 0.1) is 17.8 Å². The van der Waals surface area contributed by atoms with Gasteiger partial charge in [0.2, 0.25) is 0 Å². The third kappa shape index (κ3) is 2.24. The zero-order valence-electron chi connectivity index (χ0n) is 6.62. The Bertz CT molecular complexity index is 359. The Kier molecular flexibility index (Phi) is 2.92. The highest BCUT2D eigenvalue weighted by Crippen LogP contribution is 2.03. The molecule has 0 spiro atoms. The molecule has 0 aliphatic carbocycles. The third-order valence-corrected chi connectivity index (χ3v) is 1.35. The second kappa shape index (κ2) is 4.16. The minimum atomic E-state index is -0.696. The average molecular weight is 179 g/mol. The minimum Gasteiger partial charge on any atom is -0.339 e. The van der Waals surface area contributed by atoms with Crippen molar-refractivity contribution in [2.75, 3.05) is 6.54 Å². The number of amides is 1. The van der Waals surface area contributed by atoms with Crippen molar-refractivity contribution < 1.29 is 9.18 Å². The van der Waals surface area contributed by atoms with Crippen molar-refractivity contribution in [3.05, 3.63) is 29.8 Å². The summed E-state index contributed by atoms with van der Waals surface area (Å²) in [6.45, 7) is -0.138. The molecule has 0 unspecified atom stereocenters. The topological polar surface area (TPSA) is 65.8 Å². The first-order valence-electron chi connectivity index (χ1n) is 3.50. The maximum Gasteiger partial charge on any atom is 0.255 e. The highest BCUT2D eigenvalue weighted by atomic mass is 19.1. The summed E-state index contributed by atoms with van der Waals surface area (Å²) in [5.74, 6) is -1.31. The van der Waals surface area contributed by atoms with Gasteiger partial charge in [-0.25, -0.2) is 4.39 Å². The summed E-state index contributed by atoms with van der Waals surface area (Å²) < 4.78 is 12.9. The van der Waals surface area contributed by atoms with E-state index in [1.807, 2.05) is 0 Å². The number of halogens is 1. The Morgan fingerprint density at radius 2 is 2.54 bits per heavy atom. The molecule has 0 bridgehead atoms. The lowest BCUT2D eigenvalue weighted by Crippen LogP contribution is -2.24. The molecule has 1 N–H and O–H groups in total. The van der Waals surface area contributed by atoms with Crippen LogP contribution in [0.15, 0.2) is 18.5 Å². The smallest absolute Gasteiger partial charge is 0.255 e. The minimum absolute atomic E-state index is 0.106. The summed E-state index contributed by atoms with van der Waals surface area (Å²) in [5, 5.41) is 10.4. The largest absolute Gasteiger partial charge is 0.339 e. The Morgan fingerprint density at radius 3 is 3.15 bits per heavy atom. The number of nitrogens with one attached hydrogen (secondary N) is 1. The molecule has 0 saturated carbocycles. The maximum absolute atomic E-state index is 12.9. The van der Waals surface area contributed by atoms with Gasteiger partial charge in [0.15, 0.2) is 5.82 Å². The molecule has 1 rings (SSSR count). The third-order valence-electron chi connectivity index (χ3n) is 1.35. The zero-order valence-corrected chi connectivity index (χ0v) is 6.62. The molecule has 1 amide bonds. The van der Waals surface area contributed by atoms with Crippen LogP contribution in [0.1, 0.15) is 10.4 Å². The standard InChI is InChI=1S/C8H6FN3O/c9-7-5-11-3-1-6(7)8(13)12-4-2-10/h1,3,5H,4H2,(H,12,13). The van der Waals surface area contributed by atoms with Gasteiger partial charge in [0.25, 0.3) is 5.91 Å². The number of nitrogens with zero attached hydrogens (tertiary/aromatic N) is 2. The molecule has 13 heavy (non-hydrogen) atoms. The van der Waals surface area contributed by atoms with E-state index in [4.69, 9.17) is 5.26 Å². The van der Waals surface area contributed by atoms with Crippen LogP contribution in [0.3, 0.4) is 0 Å². The van der Waals surface area contributed by atoms with E-state index in [0.717, 1.165) is 6.20 Å². The van der Waals surface area contributed by atoms with Crippen LogP contribution >= 0.6 is 0 Å². The molecule has 1 aromatic rings. The number of hydrogen-bond donors (Lipinski definition) is 1. The Morgan fingerprint density at radius 1 is 1.77 bits per heavy atom. The number of nitriles is 1. The van der Waals surface area contributed by atoms with E-state index < -0.39 is 11.7 Å². The van der Waals surface area contributed by atoms with Crippen LogP contribution in [0.25, 0.3) is 0 Å². The summed E-state index contributed by atoms with van der Waals surface area (Å²) in [6, 6.07) is 2.97. The fourth-order valence-corrected chi connectivity index (χ4v) is 0.774. The van der Waals surface area contributed by atoms with Gasteiger partial charge in [-0.1, -0.05) is 0 Å². The number of carbonyl (C=O) groups is 1. The van der Waals surface area contributed by atoms with Crippen molar-refractivity contribution in [3.63, 3.8) is 0 Å². The molecule has 66 valence electrons. The normalized spacial score (nSPS) is 8.92. The van der Waals surface area contributed by atoms with Crippen LogP contribution in [0, 0.1) is 17.1 Å². The Hall–Kier alpha value is -1.96. The van der Waals surface area contributed by atoms with Gasteiger partial charge in [-0.2, -0.15) is 5.26 Å². The first-order chi connectivity index (χ1) is 6.25. The van der Waals surface area contributed by atoms with E-state index >= 15 is 0 Å². The highest BCUT2D eigenvalue weighted by Gasteiger charge is 2.09. The fourth-order valence-electron chi connectivity index (χ4n) is 0.774. The van der Waals surface area contributed by atoms with E-state index in [-0.39, 0.29) is 12.1 Å². The summed E-state index contributed by atoms with van der Waals surface area (Å²) in [6.07, 6.45) is 2.26. The first kappa shape index (κ1) is 9.13. The molecular weight excluding hydrogens is 173 g/mol. The lowest BCUT2D eigenvalue weighted by atomic mass is 10.2. The van der Waals surface area contributed by atoms with E-state index in [1.54, 1.807) is 6.07 Å². The van der Waals surface area contributed by atoms with Gasteiger partial charge in [0, 0.05) is 6.20 Å². The van der Waals surface area contributed by atoms with Crippen LogP contribution in [0.2, 0.25) is 0 Å². The molecule has 5 heteroatoms. The molecule has 1 heterocycles. The first-order valence-corrected chi connectivity index (χ1v) is 3.50. The second-order valence-electron chi connectivity index (χ2n) is 2.20. The molecule has 0 aliphatic heterocycles. The summed E-state index contributed by atoms with van der Waals surface area (Å²) >= 11 is 0. The van der Waals surface area contributed by atoms with Gasteiger partial charge in [-0.15, -0.1) is 0 Å². The van der Waals surface area contributed by atoms with Crippen LogP contribution in [-0.4, -0.2) is 17.4 Å². The van der Waals surface area contributed by atoms with Gasteiger partial charge in [0.1, 0.15) is 6.54 Å². The molecule has 0 radical (unpaired) electrons. The number of aromatic nitrogens is 1. The van der Waals surface area contributed by atoms with Crippen LogP contribution < -0.4 is 5.32 Å². The number of hydrogen-bond acceptors (Lipinski definition) is 3. The van der Waals surface area contributed by atoms with Gasteiger partial charge in [-0.05, 0) is 6.07 Å². The van der Waals surface area contributed by atoms with Crippen molar-refractivity contribution in [2.45, 2.75) is 0 Å². The SMILES string of the molecule is N#CCNC(=O)c1ccncc1F. The molecule has 1 aromatic heterocycles.